The van der Waals surface area contributed by atoms with E-state index in [1.807, 2.05) is 0 Å². The topological polar surface area (TPSA) is 40.5 Å². The van der Waals surface area contributed by atoms with Crippen molar-refractivity contribution in [1.29, 1.82) is 0 Å². The average Bonchev–Trinajstić information content (AvgIpc) is 3.04. The molecule has 0 spiro atoms. The lowest BCUT2D eigenvalue weighted by Gasteiger charge is -2.33. The molecule has 3 heteroatoms. The first-order valence-corrected chi connectivity index (χ1v) is 8.01. The van der Waals surface area contributed by atoms with Crippen molar-refractivity contribution in [2.24, 2.45) is 23.2 Å². The molecule has 0 aromatic carbocycles. The van der Waals surface area contributed by atoms with Crippen LogP contribution < -0.4 is 0 Å². The van der Waals surface area contributed by atoms with Crippen molar-refractivity contribution in [3.63, 3.8) is 0 Å². The van der Waals surface area contributed by atoms with Crippen LogP contribution in [0.4, 0.5) is 0 Å². The van der Waals surface area contributed by atoms with Crippen LogP contribution in [-0.4, -0.2) is 36.1 Å². The number of hydrogen-bond acceptors (Lipinski definition) is 2. The highest BCUT2D eigenvalue weighted by molar-refractivity contribution is 5.75. The van der Waals surface area contributed by atoms with Gasteiger partial charge in [0, 0.05) is 13.1 Å². The van der Waals surface area contributed by atoms with E-state index in [1.165, 1.54) is 25.7 Å². The normalized spacial score (nSPS) is 36.2. The molecule has 0 heterocycles. The largest absolute Gasteiger partial charge is 0.481 e. The van der Waals surface area contributed by atoms with Crippen molar-refractivity contribution < 1.29 is 9.90 Å². The molecule has 3 fully saturated rings. The van der Waals surface area contributed by atoms with Gasteiger partial charge in [0.2, 0.25) is 0 Å². The van der Waals surface area contributed by atoms with Gasteiger partial charge in [-0.2, -0.15) is 0 Å². The molecule has 3 unspecified atom stereocenters. The number of fused-ring (bicyclic) bond motifs is 2. The Kier molecular flexibility index (Phi) is 3.59. The minimum Gasteiger partial charge on any atom is -0.481 e. The lowest BCUT2D eigenvalue weighted by molar-refractivity contribution is -0.149. The second-order valence-corrected chi connectivity index (χ2v) is 7.42. The number of carbonyl (C=O) groups is 1. The van der Waals surface area contributed by atoms with Crippen molar-refractivity contribution in [3.05, 3.63) is 0 Å². The molecule has 0 radical (unpaired) electrons. The molecule has 3 rings (SSSR count). The lowest BCUT2D eigenvalue weighted by atomic mass is 9.84. The number of carboxylic acids is 1. The van der Waals surface area contributed by atoms with Crippen molar-refractivity contribution in [1.82, 2.24) is 4.90 Å². The first-order chi connectivity index (χ1) is 9.09. The quantitative estimate of drug-likeness (QED) is 0.830. The molecule has 3 aliphatic carbocycles. The average molecular weight is 265 g/mol. The SMILES string of the molecule is CN(CC1CC2CCC1C2)CC1(C(=O)O)CCCC1. The van der Waals surface area contributed by atoms with Crippen LogP contribution in [0.25, 0.3) is 0 Å². The predicted molar refractivity (Wildman–Crippen MR) is 75.0 cm³/mol. The summed E-state index contributed by atoms with van der Waals surface area (Å²) in [5, 5.41) is 9.55. The van der Waals surface area contributed by atoms with Crippen molar-refractivity contribution >= 4 is 5.97 Å². The van der Waals surface area contributed by atoms with Crippen LogP contribution in [0.1, 0.15) is 51.4 Å². The molecular weight excluding hydrogens is 238 g/mol. The van der Waals surface area contributed by atoms with Gasteiger partial charge < -0.3 is 10.0 Å². The molecule has 0 aliphatic heterocycles. The van der Waals surface area contributed by atoms with E-state index in [-0.39, 0.29) is 0 Å². The highest BCUT2D eigenvalue weighted by Crippen LogP contribution is 2.48. The fraction of sp³-hybridized carbons (Fsp3) is 0.938. The molecule has 108 valence electrons. The van der Waals surface area contributed by atoms with Gasteiger partial charge in [-0.3, -0.25) is 4.79 Å². The zero-order valence-corrected chi connectivity index (χ0v) is 12.1. The maximum Gasteiger partial charge on any atom is 0.310 e. The van der Waals surface area contributed by atoms with Gasteiger partial charge in [0.25, 0.3) is 0 Å². The monoisotopic (exact) mass is 265 g/mol. The van der Waals surface area contributed by atoms with Gasteiger partial charge in [-0.1, -0.05) is 19.3 Å². The Hall–Kier alpha value is -0.570. The maximum atomic E-state index is 11.6. The fourth-order valence-corrected chi connectivity index (χ4v) is 5.07. The molecular formula is C16H27NO2. The maximum absolute atomic E-state index is 11.6. The Labute approximate surface area is 116 Å². The molecule has 3 nitrogen and oxygen atoms in total. The van der Waals surface area contributed by atoms with E-state index in [4.69, 9.17) is 0 Å². The van der Waals surface area contributed by atoms with Gasteiger partial charge in [-0.15, -0.1) is 0 Å². The van der Waals surface area contributed by atoms with Crippen LogP contribution >= 0.6 is 0 Å². The molecule has 1 N–H and O–H groups in total. The molecule has 0 saturated heterocycles. The number of hydrogen-bond donors (Lipinski definition) is 1. The smallest absolute Gasteiger partial charge is 0.310 e. The van der Waals surface area contributed by atoms with Crippen molar-refractivity contribution in [2.75, 3.05) is 20.1 Å². The second kappa shape index (κ2) is 5.08. The van der Waals surface area contributed by atoms with E-state index >= 15 is 0 Å². The summed E-state index contributed by atoms with van der Waals surface area (Å²) in [5.74, 6) is 2.21. The molecule has 3 atom stereocenters. The summed E-state index contributed by atoms with van der Waals surface area (Å²) in [4.78, 5) is 13.9. The van der Waals surface area contributed by atoms with Crippen LogP contribution in [0, 0.1) is 23.2 Å². The van der Waals surface area contributed by atoms with E-state index in [0.29, 0.717) is 0 Å². The lowest BCUT2D eigenvalue weighted by Crippen LogP contribution is -2.42. The molecule has 3 saturated carbocycles. The molecule has 0 aromatic rings. The van der Waals surface area contributed by atoms with Gasteiger partial charge >= 0.3 is 5.97 Å². The van der Waals surface area contributed by atoms with E-state index in [2.05, 4.69) is 11.9 Å². The molecule has 0 aromatic heterocycles. The Morgan fingerprint density at radius 3 is 2.53 bits per heavy atom. The van der Waals surface area contributed by atoms with Crippen LogP contribution in [0.15, 0.2) is 0 Å². The van der Waals surface area contributed by atoms with Crippen LogP contribution in [0.2, 0.25) is 0 Å². The van der Waals surface area contributed by atoms with Gasteiger partial charge in [0.1, 0.15) is 0 Å². The van der Waals surface area contributed by atoms with Crippen LogP contribution in [0.3, 0.4) is 0 Å². The van der Waals surface area contributed by atoms with E-state index in [0.717, 1.165) is 56.5 Å². The highest BCUT2D eigenvalue weighted by Gasteiger charge is 2.44. The van der Waals surface area contributed by atoms with Crippen LogP contribution in [0.5, 0.6) is 0 Å². The number of nitrogens with zero attached hydrogens (tertiary/aromatic N) is 1. The number of aliphatic carboxylic acids is 1. The summed E-state index contributed by atoms with van der Waals surface area (Å²) in [6.07, 6.45) is 9.66. The van der Waals surface area contributed by atoms with Crippen LogP contribution in [-0.2, 0) is 4.79 Å². The standard InChI is InChI=1S/C16H27NO2/c1-17(10-14-9-12-4-5-13(14)8-12)11-16(15(18)19)6-2-3-7-16/h12-14H,2-11H2,1H3,(H,18,19). The van der Waals surface area contributed by atoms with E-state index < -0.39 is 11.4 Å². The summed E-state index contributed by atoms with van der Waals surface area (Å²) < 4.78 is 0. The molecule has 3 aliphatic rings. The predicted octanol–water partition coefficient (Wildman–Crippen LogP) is 3.00. The fourth-order valence-electron chi connectivity index (χ4n) is 5.07. The van der Waals surface area contributed by atoms with Gasteiger partial charge in [-0.05, 0) is 56.9 Å². The number of rotatable bonds is 5. The van der Waals surface area contributed by atoms with Gasteiger partial charge in [-0.25, -0.2) is 0 Å². The first-order valence-electron chi connectivity index (χ1n) is 8.01. The number of carboxylic acid groups (broad SMARTS) is 1. The van der Waals surface area contributed by atoms with Gasteiger partial charge in [0.05, 0.1) is 5.41 Å². The van der Waals surface area contributed by atoms with E-state index in [9.17, 15) is 9.90 Å². The third kappa shape index (κ3) is 2.54. The minimum atomic E-state index is -0.565. The summed E-state index contributed by atoms with van der Waals surface area (Å²) >= 11 is 0. The highest BCUT2D eigenvalue weighted by atomic mass is 16.4. The zero-order valence-electron chi connectivity index (χ0n) is 12.1. The van der Waals surface area contributed by atoms with E-state index in [1.54, 1.807) is 0 Å². The Morgan fingerprint density at radius 1 is 1.26 bits per heavy atom. The Balaban J connectivity index is 1.55. The summed E-state index contributed by atoms with van der Waals surface area (Å²) in [5.41, 5.74) is -0.438. The molecule has 19 heavy (non-hydrogen) atoms. The summed E-state index contributed by atoms with van der Waals surface area (Å²) in [6.45, 7) is 1.88. The summed E-state index contributed by atoms with van der Waals surface area (Å²) in [7, 11) is 2.13. The third-order valence-electron chi connectivity index (χ3n) is 6.02. The molecule has 0 amide bonds. The third-order valence-corrected chi connectivity index (χ3v) is 6.02. The summed E-state index contributed by atoms with van der Waals surface area (Å²) in [6, 6.07) is 0. The first kappa shape index (κ1) is 13.4. The van der Waals surface area contributed by atoms with Crippen molar-refractivity contribution in [2.45, 2.75) is 51.4 Å². The van der Waals surface area contributed by atoms with Gasteiger partial charge in [0.15, 0.2) is 0 Å². The second-order valence-electron chi connectivity index (χ2n) is 7.42. The Bertz CT molecular complexity index is 349. The minimum absolute atomic E-state index is 0.438. The van der Waals surface area contributed by atoms with Crippen molar-refractivity contribution in [3.8, 4) is 0 Å². The molecule has 2 bridgehead atoms. The Morgan fingerprint density at radius 2 is 2.00 bits per heavy atom. The zero-order chi connectivity index (χ0) is 13.5.